The highest BCUT2D eigenvalue weighted by Gasteiger charge is 2.33. The number of hydrogen-bond donors (Lipinski definition) is 1. The van der Waals surface area contributed by atoms with Crippen molar-refractivity contribution in [1.29, 1.82) is 0 Å². The zero-order chi connectivity index (χ0) is 7.78. The summed E-state index contributed by atoms with van der Waals surface area (Å²) in [4.78, 5) is 0. The summed E-state index contributed by atoms with van der Waals surface area (Å²) in [6, 6.07) is 0. The summed E-state index contributed by atoms with van der Waals surface area (Å²) in [5, 5.41) is 9.26. The van der Waals surface area contributed by atoms with Gasteiger partial charge in [0.25, 0.3) is 6.92 Å². The van der Waals surface area contributed by atoms with Crippen molar-refractivity contribution in [1.82, 2.24) is 0 Å². The van der Waals surface area contributed by atoms with Crippen molar-refractivity contribution in [3.63, 3.8) is 0 Å². The van der Waals surface area contributed by atoms with E-state index < -0.39 is 0 Å². The van der Waals surface area contributed by atoms with E-state index in [1.165, 1.54) is 6.42 Å². The number of rotatable bonds is 0. The van der Waals surface area contributed by atoms with E-state index in [0.29, 0.717) is 5.41 Å². The predicted octanol–water partition coefficient (Wildman–Crippen LogP) is 2.04. The molecule has 1 aliphatic rings. The third-order valence-corrected chi connectivity index (χ3v) is 2.63. The first-order chi connectivity index (χ1) is 4.50. The van der Waals surface area contributed by atoms with Gasteiger partial charge in [-0.25, -0.2) is 0 Å². The summed E-state index contributed by atoms with van der Waals surface area (Å²) < 4.78 is 0. The van der Waals surface area contributed by atoms with Crippen LogP contribution in [0.2, 0.25) is 12.6 Å². The van der Waals surface area contributed by atoms with Gasteiger partial charge in [0.05, 0.1) is 0 Å². The highest BCUT2D eigenvalue weighted by atomic mass is 16.2. The van der Waals surface area contributed by atoms with Crippen LogP contribution in [0.3, 0.4) is 0 Å². The Labute approximate surface area is 63.9 Å². The lowest BCUT2D eigenvalue weighted by atomic mass is 9.64. The quantitative estimate of drug-likeness (QED) is 0.510. The molecule has 58 valence electrons. The SMILES string of the molecule is CC(C)(C)C1CCB(O)C1. The molecule has 0 amide bonds. The molecule has 1 unspecified atom stereocenters. The Morgan fingerprint density at radius 1 is 1.40 bits per heavy atom. The average Bonchev–Trinajstić information content (AvgIpc) is 2.11. The normalized spacial score (nSPS) is 27.6. The molecule has 0 saturated carbocycles. The molecular weight excluding hydrogens is 123 g/mol. The van der Waals surface area contributed by atoms with E-state index in [1.807, 2.05) is 0 Å². The Morgan fingerprint density at radius 3 is 2.20 bits per heavy atom. The van der Waals surface area contributed by atoms with Crippen molar-refractivity contribution >= 4 is 6.92 Å². The lowest BCUT2D eigenvalue weighted by Gasteiger charge is -2.26. The van der Waals surface area contributed by atoms with Crippen LogP contribution in [0.25, 0.3) is 0 Å². The Bertz CT molecular complexity index is 117. The average molecular weight is 140 g/mol. The topological polar surface area (TPSA) is 20.2 Å². The third-order valence-electron chi connectivity index (χ3n) is 2.63. The molecule has 1 fully saturated rings. The second kappa shape index (κ2) is 2.57. The van der Waals surface area contributed by atoms with Crippen molar-refractivity contribution < 1.29 is 5.02 Å². The molecule has 0 aromatic carbocycles. The van der Waals surface area contributed by atoms with Crippen molar-refractivity contribution in [3.8, 4) is 0 Å². The fourth-order valence-corrected chi connectivity index (χ4v) is 1.74. The van der Waals surface area contributed by atoms with Crippen molar-refractivity contribution in [2.24, 2.45) is 11.3 Å². The molecule has 0 spiro atoms. The van der Waals surface area contributed by atoms with Gasteiger partial charge in [0.1, 0.15) is 0 Å². The zero-order valence-electron chi connectivity index (χ0n) is 7.22. The van der Waals surface area contributed by atoms with Gasteiger partial charge in [-0.3, -0.25) is 0 Å². The van der Waals surface area contributed by atoms with Crippen LogP contribution < -0.4 is 0 Å². The minimum Gasteiger partial charge on any atom is -0.450 e. The van der Waals surface area contributed by atoms with E-state index in [4.69, 9.17) is 0 Å². The van der Waals surface area contributed by atoms with Gasteiger partial charge in [0.15, 0.2) is 0 Å². The molecular formula is C8H17BO. The van der Waals surface area contributed by atoms with Gasteiger partial charge in [0, 0.05) is 0 Å². The fourth-order valence-electron chi connectivity index (χ4n) is 1.74. The lowest BCUT2D eigenvalue weighted by Crippen LogP contribution is -2.18. The molecule has 1 rings (SSSR count). The summed E-state index contributed by atoms with van der Waals surface area (Å²) in [5.74, 6) is 0.738. The van der Waals surface area contributed by atoms with Gasteiger partial charge >= 0.3 is 0 Å². The van der Waals surface area contributed by atoms with Gasteiger partial charge in [-0.1, -0.05) is 27.2 Å². The third kappa shape index (κ3) is 1.75. The molecule has 0 aromatic heterocycles. The van der Waals surface area contributed by atoms with Gasteiger partial charge in [0.2, 0.25) is 0 Å². The van der Waals surface area contributed by atoms with Crippen molar-refractivity contribution in [2.45, 2.75) is 39.8 Å². The van der Waals surface area contributed by atoms with E-state index in [1.54, 1.807) is 0 Å². The Morgan fingerprint density at radius 2 is 2.00 bits per heavy atom. The van der Waals surface area contributed by atoms with Crippen LogP contribution in [-0.4, -0.2) is 11.9 Å². The molecule has 1 saturated heterocycles. The maximum absolute atomic E-state index is 9.26. The van der Waals surface area contributed by atoms with E-state index >= 15 is 0 Å². The molecule has 0 bridgehead atoms. The second-order valence-electron chi connectivity index (χ2n) is 4.53. The molecule has 2 heteroatoms. The Hall–Kier alpha value is 0.0249. The second-order valence-corrected chi connectivity index (χ2v) is 4.53. The molecule has 1 atom stereocenters. The smallest absolute Gasteiger partial charge is 0.289 e. The van der Waals surface area contributed by atoms with Crippen LogP contribution >= 0.6 is 0 Å². The predicted molar refractivity (Wildman–Crippen MR) is 45.1 cm³/mol. The number of hydrogen-bond acceptors (Lipinski definition) is 1. The van der Waals surface area contributed by atoms with Crippen LogP contribution in [0, 0.1) is 11.3 Å². The zero-order valence-corrected chi connectivity index (χ0v) is 7.22. The first kappa shape index (κ1) is 8.12. The molecule has 0 radical (unpaired) electrons. The Balaban J connectivity index is 2.45. The molecule has 0 aromatic rings. The maximum atomic E-state index is 9.26. The van der Waals surface area contributed by atoms with Gasteiger partial charge in [-0.05, 0) is 24.0 Å². The minimum atomic E-state index is -0.00998. The van der Waals surface area contributed by atoms with Gasteiger partial charge in [-0.2, -0.15) is 0 Å². The first-order valence-corrected chi connectivity index (χ1v) is 4.18. The van der Waals surface area contributed by atoms with Crippen molar-refractivity contribution in [3.05, 3.63) is 0 Å². The monoisotopic (exact) mass is 140 g/mol. The Kier molecular flexibility index (Phi) is 2.09. The molecule has 1 nitrogen and oxygen atoms in total. The van der Waals surface area contributed by atoms with E-state index in [9.17, 15) is 5.02 Å². The highest BCUT2D eigenvalue weighted by molar-refractivity contribution is 6.51. The summed E-state index contributed by atoms with van der Waals surface area (Å²) in [5.41, 5.74) is 0.400. The van der Waals surface area contributed by atoms with Crippen LogP contribution in [0.1, 0.15) is 27.2 Å². The van der Waals surface area contributed by atoms with Crippen molar-refractivity contribution in [2.75, 3.05) is 0 Å². The highest BCUT2D eigenvalue weighted by Crippen LogP contribution is 2.38. The van der Waals surface area contributed by atoms with E-state index in [2.05, 4.69) is 20.8 Å². The van der Waals surface area contributed by atoms with E-state index in [-0.39, 0.29) is 6.92 Å². The molecule has 0 aliphatic carbocycles. The van der Waals surface area contributed by atoms with Crippen LogP contribution in [0.15, 0.2) is 0 Å². The minimum absolute atomic E-state index is 0.00998. The van der Waals surface area contributed by atoms with Crippen LogP contribution in [-0.2, 0) is 0 Å². The maximum Gasteiger partial charge on any atom is 0.289 e. The fraction of sp³-hybridized carbons (Fsp3) is 1.00. The van der Waals surface area contributed by atoms with Gasteiger partial charge < -0.3 is 5.02 Å². The molecule has 1 N–H and O–H groups in total. The lowest BCUT2D eigenvalue weighted by molar-refractivity contribution is 0.263. The van der Waals surface area contributed by atoms with Gasteiger partial charge in [-0.15, -0.1) is 0 Å². The summed E-state index contributed by atoms with van der Waals surface area (Å²) in [6.45, 7) is 6.77. The molecule has 1 heterocycles. The van der Waals surface area contributed by atoms with Crippen LogP contribution in [0.4, 0.5) is 0 Å². The largest absolute Gasteiger partial charge is 0.450 e. The molecule has 10 heavy (non-hydrogen) atoms. The standard InChI is InChI=1S/C8H17BO/c1-8(2,3)7-4-5-9(10)6-7/h7,10H,4-6H2,1-3H3. The van der Waals surface area contributed by atoms with Crippen LogP contribution in [0.5, 0.6) is 0 Å². The first-order valence-electron chi connectivity index (χ1n) is 4.18. The molecule has 1 aliphatic heterocycles. The van der Waals surface area contributed by atoms with E-state index in [0.717, 1.165) is 18.6 Å². The summed E-state index contributed by atoms with van der Waals surface area (Å²) >= 11 is 0. The summed E-state index contributed by atoms with van der Waals surface area (Å²) in [7, 11) is 0. The summed E-state index contributed by atoms with van der Waals surface area (Å²) in [6.07, 6.45) is 3.25.